The highest BCUT2D eigenvalue weighted by Gasteiger charge is 2.08. The quantitative estimate of drug-likeness (QED) is 0.573. The molecule has 0 aliphatic rings. The van der Waals surface area contributed by atoms with Gasteiger partial charge < -0.3 is 4.74 Å². The molecule has 1 unspecified atom stereocenters. The van der Waals surface area contributed by atoms with Gasteiger partial charge in [-0.1, -0.05) is 33.1 Å². The zero-order valence-electron chi connectivity index (χ0n) is 8.54. The second kappa shape index (κ2) is 8.05. The van der Waals surface area contributed by atoms with Crippen molar-refractivity contribution in [1.29, 1.82) is 0 Å². The summed E-state index contributed by atoms with van der Waals surface area (Å²) >= 11 is 0. The Kier molecular flexibility index (Phi) is 7.69. The lowest BCUT2D eigenvalue weighted by molar-refractivity contribution is -0.150. The summed E-state index contributed by atoms with van der Waals surface area (Å²) in [6, 6.07) is 0. The Morgan fingerprint density at radius 3 is 2.54 bits per heavy atom. The third-order valence-electron chi connectivity index (χ3n) is 2.14. The first-order valence-electron chi connectivity index (χ1n) is 4.98. The minimum atomic E-state index is -0.760. The molecule has 0 bridgehead atoms. The minimum Gasteiger partial charge on any atom is -0.464 e. The standard InChI is InChI=1S/C10H19O3/c1-3-5-6-9(4-2)8-13-10(12)7-11/h9H,3-8H2,1-2H3. The predicted octanol–water partition coefficient (Wildman–Crippen LogP) is 2.18. The Bertz CT molecular complexity index is 134. The molecule has 0 rings (SSSR count). The monoisotopic (exact) mass is 187 g/mol. The molecule has 3 nitrogen and oxygen atoms in total. The average Bonchev–Trinajstić information content (AvgIpc) is 2.17. The molecule has 13 heavy (non-hydrogen) atoms. The fourth-order valence-electron chi connectivity index (χ4n) is 1.15. The van der Waals surface area contributed by atoms with Gasteiger partial charge in [0.2, 0.25) is 0 Å². The molecule has 0 aromatic heterocycles. The number of ether oxygens (including phenoxy) is 1. The van der Waals surface area contributed by atoms with Gasteiger partial charge in [0.1, 0.15) is 0 Å². The van der Waals surface area contributed by atoms with Crippen LogP contribution in [-0.4, -0.2) is 19.2 Å². The van der Waals surface area contributed by atoms with E-state index in [1.54, 1.807) is 0 Å². The largest absolute Gasteiger partial charge is 0.464 e. The van der Waals surface area contributed by atoms with Crippen molar-refractivity contribution < 1.29 is 14.6 Å². The molecule has 1 radical (unpaired) electrons. The molecule has 0 aliphatic heterocycles. The summed E-state index contributed by atoms with van der Waals surface area (Å²) in [6.07, 6.45) is 4.41. The van der Waals surface area contributed by atoms with Gasteiger partial charge in [0.05, 0.1) is 6.61 Å². The molecular formula is C10H19O3. The van der Waals surface area contributed by atoms with Gasteiger partial charge in [-0.3, -0.25) is 0 Å². The topological polar surface area (TPSA) is 46.2 Å². The summed E-state index contributed by atoms with van der Waals surface area (Å²) in [5, 5.41) is 10.1. The molecule has 0 heterocycles. The van der Waals surface area contributed by atoms with Crippen LogP contribution in [0.3, 0.4) is 0 Å². The summed E-state index contributed by atoms with van der Waals surface area (Å²) in [5.74, 6) is -0.203. The summed E-state index contributed by atoms with van der Waals surface area (Å²) in [5.41, 5.74) is 0. The molecule has 0 N–H and O–H groups in total. The second-order valence-corrected chi connectivity index (χ2v) is 3.24. The number of unbranched alkanes of at least 4 members (excludes halogenated alkanes) is 1. The van der Waals surface area contributed by atoms with E-state index in [2.05, 4.69) is 13.8 Å². The van der Waals surface area contributed by atoms with Crippen LogP contribution < -0.4 is 0 Å². The SMILES string of the molecule is CCCCC(CC)COC(=O)C[O]. The van der Waals surface area contributed by atoms with Crippen LogP contribution in [0.15, 0.2) is 0 Å². The average molecular weight is 187 g/mol. The molecule has 0 aromatic carbocycles. The van der Waals surface area contributed by atoms with Gasteiger partial charge in [0, 0.05) is 0 Å². The normalized spacial score (nSPS) is 12.5. The molecular weight excluding hydrogens is 168 g/mol. The summed E-state index contributed by atoms with van der Waals surface area (Å²) in [6.45, 7) is 3.86. The van der Waals surface area contributed by atoms with Crippen molar-refractivity contribution in [3.63, 3.8) is 0 Å². The van der Waals surface area contributed by atoms with Crippen molar-refractivity contribution in [2.75, 3.05) is 13.2 Å². The number of carbonyl (C=O) groups is 1. The van der Waals surface area contributed by atoms with Gasteiger partial charge in [0.15, 0.2) is 6.61 Å². The molecule has 0 spiro atoms. The van der Waals surface area contributed by atoms with Crippen LogP contribution in [0, 0.1) is 5.92 Å². The smallest absolute Gasteiger partial charge is 0.335 e. The van der Waals surface area contributed by atoms with Crippen molar-refractivity contribution in [3.8, 4) is 0 Å². The van der Waals surface area contributed by atoms with E-state index >= 15 is 0 Å². The fourth-order valence-corrected chi connectivity index (χ4v) is 1.15. The van der Waals surface area contributed by atoms with Crippen LogP contribution >= 0.6 is 0 Å². The van der Waals surface area contributed by atoms with Gasteiger partial charge in [-0.05, 0) is 12.3 Å². The molecule has 0 saturated heterocycles. The van der Waals surface area contributed by atoms with E-state index in [1.807, 2.05) is 0 Å². The van der Waals surface area contributed by atoms with E-state index in [0.29, 0.717) is 12.5 Å². The Balaban J connectivity index is 3.52. The highest BCUT2D eigenvalue weighted by atomic mass is 16.5. The Hall–Kier alpha value is -0.570. The summed E-state index contributed by atoms with van der Waals surface area (Å²) in [4.78, 5) is 10.6. The number of rotatable bonds is 7. The van der Waals surface area contributed by atoms with Gasteiger partial charge in [0.25, 0.3) is 0 Å². The predicted molar refractivity (Wildman–Crippen MR) is 49.8 cm³/mol. The van der Waals surface area contributed by atoms with E-state index in [1.165, 1.54) is 0 Å². The molecule has 0 fully saturated rings. The van der Waals surface area contributed by atoms with Crippen LogP contribution in [0.1, 0.15) is 39.5 Å². The van der Waals surface area contributed by atoms with Gasteiger partial charge in [-0.2, -0.15) is 0 Å². The van der Waals surface area contributed by atoms with E-state index < -0.39 is 12.6 Å². The molecule has 3 heteroatoms. The van der Waals surface area contributed by atoms with E-state index in [9.17, 15) is 9.90 Å². The van der Waals surface area contributed by atoms with Crippen LogP contribution in [0.4, 0.5) is 0 Å². The molecule has 77 valence electrons. The number of carbonyl (C=O) groups excluding carboxylic acids is 1. The van der Waals surface area contributed by atoms with Crippen LogP contribution in [0.5, 0.6) is 0 Å². The second-order valence-electron chi connectivity index (χ2n) is 3.24. The number of esters is 1. The van der Waals surface area contributed by atoms with Crippen molar-refractivity contribution in [1.82, 2.24) is 0 Å². The fraction of sp³-hybridized carbons (Fsp3) is 0.900. The first kappa shape index (κ1) is 12.4. The Labute approximate surface area is 80.1 Å². The zero-order chi connectivity index (χ0) is 10.1. The third kappa shape index (κ3) is 6.58. The Morgan fingerprint density at radius 2 is 2.08 bits per heavy atom. The van der Waals surface area contributed by atoms with Crippen LogP contribution in [0.2, 0.25) is 0 Å². The van der Waals surface area contributed by atoms with Gasteiger partial charge in [-0.15, -0.1) is 0 Å². The summed E-state index contributed by atoms with van der Waals surface area (Å²) in [7, 11) is 0. The minimum absolute atomic E-state index is 0.414. The first-order valence-corrected chi connectivity index (χ1v) is 4.98. The number of hydrogen-bond acceptors (Lipinski definition) is 2. The van der Waals surface area contributed by atoms with Gasteiger partial charge >= 0.3 is 5.97 Å². The maximum absolute atomic E-state index is 10.6. The van der Waals surface area contributed by atoms with Crippen molar-refractivity contribution in [2.45, 2.75) is 39.5 Å². The highest BCUT2D eigenvalue weighted by molar-refractivity contribution is 5.70. The maximum atomic E-state index is 10.6. The lowest BCUT2D eigenvalue weighted by atomic mass is 10.0. The highest BCUT2D eigenvalue weighted by Crippen LogP contribution is 2.12. The number of hydrogen-bond donors (Lipinski definition) is 0. The Morgan fingerprint density at radius 1 is 1.38 bits per heavy atom. The van der Waals surface area contributed by atoms with Crippen molar-refractivity contribution in [3.05, 3.63) is 0 Å². The van der Waals surface area contributed by atoms with Crippen LogP contribution in [-0.2, 0) is 14.6 Å². The summed E-state index contributed by atoms with van der Waals surface area (Å²) < 4.78 is 4.79. The molecule has 0 aliphatic carbocycles. The van der Waals surface area contributed by atoms with E-state index in [0.717, 1.165) is 25.7 Å². The lowest BCUT2D eigenvalue weighted by Crippen LogP contribution is -2.15. The van der Waals surface area contributed by atoms with Crippen molar-refractivity contribution in [2.24, 2.45) is 5.92 Å². The third-order valence-corrected chi connectivity index (χ3v) is 2.14. The molecule has 0 aromatic rings. The molecule has 1 atom stereocenters. The van der Waals surface area contributed by atoms with Gasteiger partial charge in [-0.25, -0.2) is 9.90 Å². The van der Waals surface area contributed by atoms with Crippen LogP contribution in [0.25, 0.3) is 0 Å². The van der Waals surface area contributed by atoms with E-state index in [-0.39, 0.29) is 0 Å². The van der Waals surface area contributed by atoms with Crippen molar-refractivity contribution >= 4 is 5.97 Å². The zero-order valence-corrected chi connectivity index (χ0v) is 8.54. The molecule has 0 amide bonds. The maximum Gasteiger partial charge on any atom is 0.335 e. The van der Waals surface area contributed by atoms with E-state index in [4.69, 9.17) is 4.74 Å². The first-order chi connectivity index (χ1) is 6.24. The lowest BCUT2D eigenvalue weighted by Gasteiger charge is -2.13. The molecule has 0 saturated carbocycles.